The summed E-state index contributed by atoms with van der Waals surface area (Å²) in [5, 5.41) is 13.1. The van der Waals surface area contributed by atoms with Gasteiger partial charge in [0.1, 0.15) is 0 Å². The quantitative estimate of drug-likeness (QED) is 0.590. The first-order valence-electron chi connectivity index (χ1n) is 10.8. The topological polar surface area (TPSA) is 93.5 Å². The van der Waals surface area contributed by atoms with Crippen LogP contribution in [-0.4, -0.2) is 59.8 Å². The molecule has 2 amide bonds. The van der Waals surface area contributed by atoms with Crippen LogP contribution in [0.5, 0.6) is 0 Å². The van der Waals surface area contributed by atoms with E-state index in [1.807, 2.05) is 30.5 Å². The van der Waals surface area contributed by atoms with Crippen LogP contribution in [0.4, 0.5) is 21.3 Å². The molecule has 2 aromatic heterocycles. The minimum absolute atomic E-state index is 0.206. The molecule has 0 saturated carbocycles. The van der Waals surface area contributed by atoms with E-state index in [9.17, 15) is 4.79 Å². The molecule has 2 aliphatic heterocycles. The zero-order valence-corrected chi connectivity index (χ0v) is 18.5. The lowest BCUT2D eigenvalue weighted by Crippen LogP contribution is -2.36. The van der Waals surface area contributed by atoms with Gasteiger partial charge in [-0.15, -0.1) is 11.3 Å². The third-order valence-electron chi connectivity index (χ3n) is 5.52. The summed E-state index contributed by atoms with van der Waals surface area (Å²) in [6.07, 6.45) is 5.81. The maximum Gasteiger partial charge on any atom is 0.323 e. The van der Waals surface area contributed by atoms with Crippen molar-refractivity contribution < 1.29 is 14.3 Å². The highest BCUT2D eigenvalue weighted by Gasteiger charge is 2.17. The highest BCUT2D eigenvalue weighted by Crippen LogP contribution is 2.28. The molecule has 2 fully saturated rings. The van der Waals surface area contributed by atoms with Crippen LogP contribution >= 0.6 is 11.3 Å². The number of carbonyl (C=O) groups excluding carboxylic acids is 1. The van der Waals surface area contributed by atoms with Crippen molar-refractivity contribution in [3.05, 3.63) is 42.0 Å². The molecule has 0 radical (unpaired) electrons. The van der Waals surface area contributed by atoms with E-state index in [4.69, 9.17) is 14.5 Å². The lowest BCUT2D eigenvalue weighted by molar-refractivity contribution is 0.0940. The highest BCUT2D eigenvalue weighted by atomic mass is 32.1. The molecule has 10 heteroatoms. The molecular weight excluding hydrogens is 428 g/mol. The number of hydrogen-bond donors (Lipinski definition) is 2. The molecule has 2 saturated heterocycles. The lowest BCUT2D eigenvalue weighted by Gasteiger charge is -2.26. The average molecular weight is 455 g/mol. The zero-order valence-electron chi connectivity index (χ0n) is 17.7. The van der Waals surface area contributed by atoms with Gasteiger partial charge in [0.2, 0.25) is 0 Å². The Balaban J connectivity index is 1.15. The molecule has 168 valence electrons. The predicted octanol–water partition coefficient (Wildman–Crippen LogP) is 3.67. The van der Waals surface area contributed by atoms with Gasteiger partial charge in [-0.2, -0.15) is 5.10 Å². The van der Waals surface area contributed by atoms with Crippen molar-refractivity contribution in [3.8, 4) is 11.3 Å². The smallest absolute Gasteiger partial charge is 0.323 e. The molecule has 0 spiro atoms. The number of urea groups is 1. The first kappa shape index (κ1) is 20.9. The molecule has 9 nitrogen and oxygen atoms in total. The standard InChI is InChI=1S/C22H26N6O3S/c29-21(25-18-12-23-28(13-18)14-19-2-1-9-31-19)24-17-5-3-16(4-6-17)20-15-32-22(26-20)27-7-10-30-11-8-27/h3-6,12-13,15,19H,1-2,7-11,14H2,(H2,24,25,29). The summed E-state index contributed by atoms with van der Waals surface area (Å²) >= 11 is 1.64. The molecule has 5 rings (SSSR count). The summed E-state index contributed by atoms with van der Waals surface area (Å²) in [4.78, 5) is 19.4. The molecule has 32 heavy (non-hydrogen) atoms. The number of ether oxygens (including phenoxy) is 2. The molecule has 4 heterocycles. The highest BCUT2D eigenvalue weighted by molar-refractivity contribution is 7.14. The van der Waals surface area contributed by atoms with Gasteiger partial charge >= 0.3 is 6.03 Å². The fourth-order valence-corrected chi connectivity index (χ4v) is 4.73. The second-order valence-electron chi connectivity index (χ2n) is 7.86. The number of thiazole rings is 1. The average Bonchev–Trinajstić information content (AvgIpc) is 3.58. The molecule has 2 aliphatic rings. The van der Waals surface area contributed by atoms with E-state index in [0.717, 1.165) is 62.1 Å². The lowest BCUT2D eigenvalue weighted by atomic mass is 10.1. The second kappa shape index (κ2) is 9.68. The largest absolute Gasteiger partial charge is 0.378 e. The van der Waals surface area contributed by atoms with Gasteiger partial charge in [-0.3, -0.25) is 4.68 Å². The van der Waals surface area contributed by atoms with Gasteiger partial charge in [0.15, 0.2) is 5.13 Å². The summed E-state index contributed by atoms with van der Waals surface area (Å²) in [6.45, 7) is 4.75. The minimum atomic E-state index is -0.308. The van der Waals surface area contributed by atoms with Gasteiger partial charge in [0.05, 0.1) is 43.4 Å². The van der Waals surface area contributed by atoms with Crippen molar-refractivity contribution >= 4 is 33.9 Å². The molecular formula is C22H26N6O3S. The van der Waals surface area contributed by atoms with Crippen LogP contribution < -0.4 is 15.5 Å². The molecule has 1 atom stereocenters. The Morgan fingerprint density at radius 2 is 1.94 bits per heavy atom. The number of anilines is 3. The minimum Gasteiger partial charge on any atom is -0.378 e. The van der Waals surface area contributed by atoms with E-state index < -0.39 is 0 Å². The van der Waals surface area contributed by atoms with E-state index in [1.165, 1.54) is 0 Å². The van der Waals surface area contributed by atoms with Crippen LogP contribution in [-0.2, 0) is 16.0 Å². The summed E-state index contributed by atoms with van der Waals surface area (Å²) in [5.41, 5.74) is 3.31. The zero-order chi connectivity index (χ0) is 21.8. The number of nitrogens with one attached hydrogen (secondary N) is 2. The summed E-state index contributed by atoms with van der Waals surface area (Å²) in [7, 11) is 0. The fraction of sp³-hybridized carbons (Fsp3) is 0.409. The van der Waals surface area contributed by atoms with Crippen LogP contribution in [0.25, 0.3) is 11.3 Å². The number of morpholine rings is 1. The third-order valence-corrected chi connectivity index (χ3v) is 6.42. The van der Waals surface area contributed by atoms with Crippen molar-refractivity contribution in [2.24, 2.45) is 0 Å². The molecule has 2 N–H and O–H groups in total. The monoisotopic (exact) mass is 454 g/mol. The number of rotatable bonds is 6. The first-order valence-corrected chi connectivity index (χ1v) is 11.7. The van der Waals surface area contributed by atoms with E-state index in [1.54, 1.807) is 22.2 Å². The van der Waals surface area contributed by atoms with Crippen LogP contribution in [0, 0.1) is 0 Å². The van der Waals surface area contributed by atoms with Crippen molar-refractivity contribution in [2.45, 2.75) is 25.5 Å². The first-order chi connectivity index (χ1) is 15.7. The third kappa shape index (κ3) is 5.09. The van der Waals surface area contributed by atoms with Crippen molar-refractivity contribution in [2.75, 3.05) is 48.4 Å². The second-order valence-corrected chi connectivity index (χ2v) is 8.69. The maximum absolute atomic E-state index is 12.4. The van der Waals surface area contributed by atoms with Gasteiger partial charge in [-0.25, -0.2) is 9.78 Å². The van der Waals surface area contributed by atoms with Gasteiger partial charge in [-0.1, -0.05) is 12.1 Å². The predicted molar refractivity (Wildman–Crippen MR) is 124 cm³/mol. The fourth-order valence-electron chi connectivity index (χ4n) is 3.84. The Hall–Kier alpha value is -2.95. The van der Waals surface area contributed by atoms with Crippen LogP contribution in [0.15, 0.2) is 42.0 Å². The van der Waals surface area contributed by atoms with Gasteiger partial charge in [0, 0.05) is 42.5 Å². The molecule has 0 aliphatic carbocycles. The Morgan fingerprint density at radius 1 is 1.12 bits per heavy atom. The number of hydrogen-bond acceptors (Lipinski definition) is 7. The Kier molecular flexibility index (Phi) is 6.33. The summed E-state index contributed by atoms with van der Waals surface area (Å²) in [6, 6.07) is 7.38. The van der Waals surface area contributed by atoms with E-state index in [-0.39, 0.29) is 12.1 Å². The van der Waals surface area contributed by atoms with Crippen LogP contribution in [0.2, 0.25) is 0 Å². The van der Waals surface area contributed by atoms with Crippen molar-refractivity contribution in [3.63, 3.8) is 0 Å². The molecule has 1 aromatic carbocycles. The van der Waals surface area contributed by atoms with E-state index in [0.29, 0.717) is 17.9 Å². The molecule has 3 aromatic rings. The number of nitrogens with zero attached hydrogens (tertiary/aromatic N) is 4. The van der Waals surface area contributed by atoms with Crippen molar-refractivity contribution in [1.82, 2.24) is 14.8 Å². The number of carbonyl (C=O) groups is 1. The Morgan fingerprint density at radius 3 is 2.72 bits per heavy atom. The summed E-state index contributed by atoms with van der Waals surface area (Å²) in [5.74, 6) is 0. The van der Waals surface area contributed by atoms with Crippen LogP contribution in [0.1, 0.15) is 12.8 Å². The SMILES string of the molecule is O=C(Nc1ccc(-c2csc(N3CCOCC3)n2)cc1)Nc1cnn(CC2CCCO2)c1. The number of amides is 2. The van der Waals surface area contributed by atoms with Gasteiger partial charge < -0.3 is 25.0 Å². The van der Waals surface area contributed by atoms with E-state index >= 15 is 0 Å². The number of benzene rings is 1. The molecule has 1 unspecified atom stereocenters. The number of aromatic nitrogens is 3. The van der Waals surface area contributed by atoms with Gasteiger partial charge in [0.25, 0.3) is 0 Å². The molecule has 0 bridgehead atoms. The summed E-state index contributed by atoms with van der Waals surface area (Å²) < 4.78 is 12.8. The van der Waals surface area contributed by atoms with Gasteiger partial charge in [-0.05, 0) is 25.0 Å². The Bertz CT molecular complexity index is 1040. The normalized spacial score (nSPS) is 18.6. The Labute approximate surface area is 190 Å². The van der Waals surface area contributed by atoms with E-state index in [2.05, 4.69) is 26.0 Å². The van der Waals surface area contributed by atoms with Crippen LogP contribution in [0.3, 0.4) is 0 Å². The van der Waals surface area contributed by atoms with Crippen molar-refractivity contribution in [1.29, 1.82) is 0 Å². The maximum atomic E-state index is 12.4.